The molecule has 1 heterocycles. The monoisotopic (exact) mass is 282 g/mol. The summed E-state index contributed by atoms with van der Waals surface area (Å²) in [5, 5.41) is 22.2. The van der Waals surface area contributed by atoms with Gasteiger partial charge in [0.05, 0.1) is 15.9 Å². The van der Waals surface area contributed by atoms with Gasteiger partial charge in [-0.3, -0.25) is 19.7 Å². The lowest BCUT2D eigenvalue weighted by Gasteiger charge is -2.20. The van der Waals surface area contributed by atoms with Crippen LogP contribution in [0.3, 0.4) is 0 Å². The lowest BCUT2D eigenvalue weighted by molar-refractivity contribution is -0.385. The molecule has 0 radical (unpaired) electrons. The third-order valence-electron chi connectivity index (χ3n) is 2.63. The molecule has 1 aromatic heterocycles. The summed E-state index contributed by atoms with van der Waals surface area (Å²) < 4.78 is 0. The first-order valence-corrected chi connectivity index (χ1v) is 5.56. The number of amides is 1. The molecular weight excluding hydrogens is 268 g/mol. The van der Waals surface area contributed by atoms with Crippen molar-refractivity contribution in [2.75, 3.05) is 11.9 Å². The fourth-order valence-electron chi connectivity index (χ4n) is 1.26. The van der Waals surface area contributed by atoms with Crippen molar-refractivity contribution in [2.24, 2.45) is 11.1 Å². The molecular formula is C11H14N4O5. The van der Waals surface area contributed by atoms with Crippen molar-refractivity contribution < 1.29 is 19.6 Å². The zero-order valence-electron chi connectivity index (χ0n) is 10.9. The van der Waals surface area contributed by atoms with Gasteiger partial charge in [-0.2, -0.15) is 0 Å². The van der Waals surface area contributed by atoms with Gasteiger partial charge in [-0.05, 0) is 13.8 Å². The number of pyridine rings is 1. The predicted molar refractivity (Wildman–Crippen MR) is 69.3 cm³/mol. The summed E-state index contributed by atoms with van der Waals surface area (Å²) >= 11 is 0. The third-order valence-corrected chi connectivity index (χ3v) is 2.63. The largest absolute Gasteiger partial charge is 0.481 e. The number of primary amides is 1. The molecule has 20 heavy (non-hydrogen) atoms. The van der Waals surface area contributed by atoms with Crippen molar-refractivity contribution in [3.63, 3.8) is 0 Å². The Bertz CT molecular complexity index is 570. The Balaban J connectivity index is 3.04. The Morgan fingerprint density at radius 3 is 2.60 bits per heavy atom. The molecule has 0 aromatic carbocycles. The van der Waals surface area contributed by atoms with Crippen molar-refractivity contribution in [1.29, 1.82) is 0 Å². The summed E-state index contributed by atoms with van der Waals surface area (Å²) in [5.41, 5.74) is 3.49. The lowest BCUT2D eigenvalue weighted by Crippen LogP contribution is -2.32. The number of hydrogen-bond acceptors (Lipinski definition) is 6. The summed E-state index contributed by atoms with van der Waals surface area (Å²) in [4.78, 5) is 35.9. The number of nitrogens with two attached hydrogens (primary N) is 1. The summed E-state index contributed by atoms with van der Waals surface area (Å²) in [5.74, 6) is -1.92. The molecule has 0 aliphatic heterocycles. The van der Waals surface area contributed by atoms with Gasteiger partial charge in [0.15, 0.2) is 0 Å². The Morgan fingerprint density at radius 2 is 2.15 bits per heavy atom. The van der Waals surface area contributed by atoms with Crippen LogP contribution in [0, 0.1) is 15.5 Å². The highest BCUT2D eigenvalue weighted by molar-refractivity contribution is 5.98. The fourth-order valence-corrected chi connectivity index (χ4v) is 1.26. The topological polar surface area (TPSA) is 148 Å². The van der Waals surface area contributed by atoms with Gasteiger partial charge in [-0.1, -0.05) is 0 Å². The van der Waals surface area contributed by atoms with E-state index in [0.717, 1.165) is 12.3 Å². The first-order chi connectivity index (χ1) is 9.15. The number of carbonyl (C=O) groups is 2. The molecule has 1 aromatic rings. The minimum atomic E-state index is -1.10. The number of nitrogens with zero attached hydrogens (tertiary/aromatic N) is 2. The average Bonchev–Trinajstić information content (AvgIpc) is 2.35. The number of aromatic nitrogens is 1. The summed E-state index contributed by atoms with van der Waals surface area (Å²) in [6.45, 7) is 2.95. The normalized spacial score (nSPS) is 10.9. The van der Waals surface area contributed by atoms with E-state index in [4.69, 9.17) is 10.8 Å². The van der Waals surface area contributed by atoms with Crippen molar-refractivity contribution in [3.05, 3.63) is 27.9 Å². The Labute approximate surface area is 114 Å². The third kappa shape index (κ3) is 3.40. The van der Waals surface area contributed by atoms with Crippen molar-refractivity contribution in [1.82, 2.24) is 4.98 Å². The summed E-state index contributed by atoms with van der Waals surface area (Å²) in [6, 6.07) is 0.992. The average molecular weight is 282 g/mol. The van der Waals surface area contributed by atoms with Crippen LogP contribution in [0.4, 0.5) is 11.5 Å². The molecule has 0 fully saturated rings. The van der Waals surface area contributed by atoms with E-state index in [1.165, 1.54) is 13.8 Å². The second-order valence-corrected chi connectivity index (χ2v) is 4.75. The molecule has 0 aliphatic rings. The number of rotatable bonds is 6. The van der Waals surface area contributed by atoms with Gasteiger partial charge in [-0.25, -0.2) is 4.98 Å². The quantitative estimate of drug-likeness (QED) is 0.511. The molecule has 0 aliphatic carbocycles. The van der Waals surface area contributed by atoms with E-state index in [1.807, 2.05) is 0 Å². The zero-order valence-corrected chi connectivity index (χ0v) is 10.9. The van der Waals surface area contributed by atoms with Crippen LogP contribution in [-0.4, -0.2) is 33.4 Å². The highest BCUT2D eigenvalue weighted by atomic mass is 16.6. The van der Waals surface area contributed by atoms with Crippen LogP contribution in [0.1, 0.15) is 24.2 Å². The van der Waals surface area contributed by atoms with E-state index in [1.54, 1.807) is 0 Å². The highest BCUT2D eigenvalue weighted by Gasteiger charge is 2.27. The molecule has 9 nitrogen and oxygen atoms in total. The van der Waals surface area contributed by atoms with Gasteiger partial charge < -0.3 is 16.2 Å². The van der Waals surface area contributed by atoms with Crippen LogP contribution in [0.5, 0.6) is 0 Å². The molecule has 9 heteroatoms. The van der Waals surface area contributed by atoms with Gasteiger partial charge in [0, 0.05) is 12.6 Å². The predicted octanol–water partition coefficient (Wildman–Crippen LogP) is 0.611. The smallest absolute Gasteiger partial charge is 0.310 e. The summed E-state index contributed by atoms with van der Waals surface area (Å²) in [7, 11) is 0. The maximum absolute atomic E-state index is 11.3. The maximum Gasteiger partial charge on any atom is 0.310 e. The van der Waals surface area contributed by atoms with E-state index >= 15 is 0 Å². The molecule has 4 N–H and O–H groups in total. The second kappa shape index (κ2) is 5.51. The maximum atomic E-state index is 11.3. The van der Waals surface area contributed by atoms with Crippen LogP contribution in [0.25, 0.3) is 0 Å². The molecule has 108 valence electrons. The molecule has 0 unspecified atom stereocenters. The Hall–Kier alpha value is -2.71. The minimum absolute atomic E-state index is 0.0115. The van der Waals surface area contributed by atoms with Crippen LogP contribution >= 0.6 is 0 Å². The highest BCUT2D eigenvalue weighted by Crippen LogP contribution is 2.21. The first-order valence-electron chi connectivity index (χ1n) is 5.56. The van der Waals surface area contributed by atoms with Crippen molar-refractivity contribution >= 4 is 23.4 Å². The zero-order chi connectivity index (χ0) is 15.5. The van der Waals surface area contributed by atoms with Crippen LogP contribution in [0.15, 0.2) is 12.3 Å². The minimum Gasteiger partial charge on any atom is -0.481 e. The number of aliphatic carboxylic acids is 1. The number of anilines is 1. The van der Waals surface area contributed by atoms with E-state index in [-0.39, 0.29) is 23.6 Å². The second-order valence-electron chi connectivity index (χ2n) is 4.75. The summed E-state index contributed by atoms with van der Waals surface area (Å²) in [6.07, 6.45) is 0.961. The van der Waals surface area contributed by atoms with Crippen LogP contribution in [-0.2, 0) is 4.79 Å². The van der Waals surface area contributed by atoms with Gasteiger partial charge in [0.1, 0.15) is 12.0 Å². The Kier molecular flexibility index (Phi) is 4.23. The molecule has 0 saturated carbocycles. The number of carboxylic acid groups (broad SMARTS) is 1. The molecule has 0 saturated heterocycles. The van der Waals surface area contributed by atoms with E-state index in [0.29, 0.717) is 0 Å². The van der Waals surface area contributed by atoms with E-state index in [2.05, 4.69) is 10.3 Å². The van der Waals surface area contributed by atoms with E-state index in [9.17, 15) is 19.7 Å². The van der Waals surface area contributed by atoms with E-state index < -0.39 is 22.2 Å². The van der Waals surface area contributed by atoms with Crippen molar-refractivity contribution in [2.45, 2.75) is 13.8 Å². The number of nitrogens with one attached hydrogen (secondary N) is 1. The molecule has 1 rings (SSSR count). The van der Waals surface area contributed by atoms with Crippen molar-refractivity contribution in [3.8, 4) is 0 Å². The van der Waals surface area contributed by atoms with Crippen LogP contribution in [0.2, 0.25) is 0 Å². The van der Waals surface area contributed by atoms with Gasteiger partial charge in [0.2, 0.25) is 0 Å². The molecule has 0 atom stereocenters. The first kappa shape index (κ1) is 15.3. The standard InChI is InChI=1S/C11H14N4O5/c1-11(2,10(17)18)5-14-9-7(8(12)16)3-6(4-13-9)15(19)20/h3-4H,5H2,1-2H3,(H2,12,16)(H,13,14)(H,17,18). The number of hydrogen-bond donors (Lipinski definition) is 3. The molecule has 0 spiro atoms. The van der Waals surface area contributed by atoms with Gasteiger partial charge in [0.25, 0.3) is 11.6 Å². The number of carboxylic acids is 1. The fraction of sp³-hybridized carbons (Fsp3) is 0.364. The molecule has 0 bridgehead atoms. The number of nitro groups is 1. The SMILES string of the molecule is CC(C)(CNc1ncc([N+](=O)[O-])cc1C(N)=O)C(=O)O. The number of carbonyl (C=O) groups excluding carboxylic acids is 1. The Morgan fingerprint density at radius 1 is 1.55 bits per heavy atom. The van der Waals surface area contributed by atoms with Gasteiger partial charge in [-0.15, -0.1) is 0 Å². The lowest BCUT2D eigenvalue weighted by atomic mass is 9.94. The van der Waals surface area contributed by atoms with Crippen LogP contribution < -0.4 is 11.1 Å². The van der Waals surface area contributed by atoms with Gasteiger partial charge >= 0.3 is 5.97 Å². The molecule has 1 amide bonds.